The first-order valence-electron chi connectivity index (χ1n) is 13.5. The normalized spacial score (nSPS) is 34.4. The third kappa shape index (κ3) is 4.90. The molecule has 3 nitrogen and oxygen atoms in total. The van der Waals surface area contributed by atoms with Crippen molar-refractivity contribution in [2.24, 2.45) is 28.6 Å². The number of likely N-dealkylation sites (N-methyl/N-ethyl adjacent to an activating group) is 1. The molecule has 0 unspecified atom stereocenters. The zero-order valence-electron chi connectivity index (χ0n) is 23.2. The van der Waals surface area contributed by atoms with Crippen molar-refractivity contribution in [1.82, 2.24) is 4.90 Å². The van der Waals surface area contributed by atoms with Gasteiger partial charge in [0.05, 0.1) is 0 Å². The number of allylic oxidation sites excluding steroid dienone is 8. The van der Waals surface area contributed by atoms with E-state index < -0.39 is 28.6 Å². The third-order valence-electron chi connectivity index (χ3n) is 9.06. The molecule has 5 atom stereocenters. The average Bonchev–Trinajstić information content (AvgIpc) is 3.09. The first-order valence-corrected chi connectivity index (χ1v) is 13.5. The van der Waals surface area contributed by atoms with Crippen LogP contribution in [0.15, 0.2) is 58.9 Å². The minimum atomic E-state index is -1.26. The van der Waals surface area contributed by atoms with E-state index in [9.17, 15) is 9.90 Å². The second-order valence-corrected chi connectivity index (χ2v) is 12.8. The number of hydrogen-bond acceptors (Lipinski definition) is 3. The van der Waals surface area contributed by atoms with Gasteiger partial charge in [-0.05, 0) is 101 Å². The summed E-state index contributed by atoms with van der Waals surface area (Å²) in [4.78, 5) is 13.9. The van der Waals surface area contributed by atoms with Crippen LogP contribution >= 0.6 is 0 Å². The molecule has 0 aromatic carbocycles. The molecule has 0 radical (unpaired) electrons. The highest BCUT2D eigenvalue weighted by atomic mass is 19.2. The van der Waals surface area contributed by atoms with Crippen LogP contribution in [0.3, 0.4) is 0 Å². The van der Waals surface area contributed by atoms with Gasteiger partial charge in [0, 0.05) is 43.0 Å². The van der Waals surface area contributed by atoms with E-state index in [0.717, 1.165) is 36.0 Å². The number of hydrogen-bond donors (Lipinski definition) is 1. The van der Waals surface area contributed by atoms with Gasteiger partial charge in [0.15, 0.2) is 11.6 Å². The molecule has 4 aliphatic carbocycles. The summed E-state index contributed by atoms with van der Waals surface area (Å²) in [6.07, 6.45) is 8.53. The quantitative estimate of drug-likeness (QED) is 0.328. The van der Waals surface area contributed by atoms with Crippen molar-refractivity contribution in [3.63, 3.8) is 0 Å². The van der Waals surface area contributed by atoms with Crippen molar-refractivity contribution < 1.29 is 18.7 Å². The predicted octanol–water partition coefficient (Wildman–Crippen LogP) is 6.98. The van der Waals surface area contributed by atoms with Crippen molar-refractivity contribution >= 4 is 5.78 Å². The first kappa shape index (κ1) is 27.6. The van der Waals surface area contributed by atoms with Gasteiger partial charge in [-0.1, -0.05) is 30.9 Å². The molecular formula is C32H41F2NO2. The Bertz CT molecular complexity index is 1190. The zero-order chi connectivity index (χ0) is 27.3. The average molecular weight is 510 g/mol. The van der Waals surface area contributed by atoms with Crippen LogP contribution in [0.2, 0.25) is 0 Å². The van der Waals surface area contributed by atoms with Crippen LogP contribution in [-0.4, -0.2) is 35.5 Å². The van der Waals surface area contributed by atoms with Crippen molar-refractivity contribution in [3.05, 3.63) is 58.9 Å². The van der Waals surface area contributed by atoms with E-state index in [4.69, 9.17) is 0 Å². The second-order valence-electron chi connectivity index (χ2n) is 12.8. The Hall–Kier alpha value is -2.45. The summed E-state index contributed by atoms with van der Waals surface area (Å²) in [5.41, 5.74) is 1.23. The first-order chi connectivity index (χ1) is 17.2. The number of ketones is 1. The topological polar surface area (TPSA) is 40.5 Å². The molecule has 0 aromatic rings. The summed E-state index contributed by atoms with van der Waals surface area (Å²) in [7, 11) is 3.52. The maximum atomic E-state index is 16.3. The molecule has 2 saturated carbocycles. The van der Waals surface area contributed by atoms with Gasteiger partial charge in [0.25, 0.3) is 0 Å². The Balaban J connectivity index is 1.90. The molecule has 0 spiro atoms. The monoisotopic (exact) mass is 509 g/mol. The van der Waals surface area contributed by atoms with Crippen LogP contribution in [0.25, 0.3) is 0 Å². The van der Waals surface area contributed by atoms with Crippen LogP contribution in [0.4, 0.5) is 8.78 Å². The molecule has 4 aliphatic rings. The number of carbonyl (C=O) groups is 1. The van der Waals surface area contributed by atoms with Crippen molar-refractivity contribution in [1.29, 1.82) is 0 Å². The van der Waals surface area contributed by atoms with Crippen molar-refractivity contribution in [3.8, 4) is 11.8 Å². The fraction of sp³-hybridized carbons (Fsp3) is 0.594. The molecule has 0 amide bonds. The standard InChI is InChI=1S/C32H41F2NO2/c1-8-21(35(6)7)18-27(33)29(34)25-19-31(5)26(13-14-32(31,37)16-15-30(2,3)4)24-11-9-20-17-22(36)10-12-23(20)28(24)25/h8,17-18,24-26,37H,1,9-14,19H2,2-7H3/b21-18+,29-27+/t24-,25-,26-,31-,32+/m0/s1. The van der Waals surface area contributed by atoms with Gasteiger partial charge in [0.1, 0.15) is 11.4 Å². The van der Waals surface area contributed by atoms with E-state index in [-0.39, 0.29) is 29.5 Å². The molecule has 0 heterocycles. The van der Waals surface area contributed by atoms with Gasteiger partial charge in [-0.2, -0.15) is 0 Å². The molecule has 200 valence electrons. The lowest BCUT2D eigenvalue weighted by Crippen LogP contribution is -2.51. The zero-order valence-corrected chi connectivity index (χ0v) is 23.2. The Morgan fingerprint density at radius 3 is 2.54 bits per heavy atom. The lowest BCUT2D eigenvalue weighted by Gasteiger charge is -2.53. The minimum Gasteiger partial charge on any atom is -0.378 e. The third-order valence-corrected chi connectivity index (χ3v) is 9.06. The second kappa shape index (κ2) is 9.70. The molecule has 0 aromatic heterocycles. The SMILES string of the molecule is C=C/C(=C\C(F)=C(/F)[C@H]1C[C@@]2(C)[C@@H](CC[C@@]2(O)C#CC(C)(C)C)[C@@H]2CCC3=CC(=O)CCC3=C21)N(C)C. The van der Waals surface area contributed by atoms with Crippen molar-refractivity contribution in [2.45, 2.75) is 78.2 Å². The summed E-state index contributed by atoms with van der Waals surface area (Å²) < 4.78 is 31.8. The summed E-state index contributed by atoms with van der Waals surface area (Å²) in [6, 6.07) is 0. The molecule has 5 heteroatoms. The van der Waals surface area contributed by atoms with E-state index in [1.54, 1.807) is 25.1 Å². The maximum Gasteiger partial charge on any atom is 0.157 e. The Labute approximate surface area is 221 Å². The largest absolute Gasteiger partial charge is 0.378 e. The number of rotatable bonds is 4. The van der Waals surface area contributed by atoms with E-state index in [1.807, 2.05) is 27.7 Å². The summed E-state index contributed by atoms with van der Waals surface area (Å²) >= 11 is 0. The Kier molecular flexibility index (Phi) is 7.23. The fourth-order valence-corrected chi connectivity index (χ4v) is 7.12. The van der Waals surface area contributed by atoms with Gasteiger partial charge in [-0.25, -0.2) is 8.78 Å². The van der Waals surface area contributed by atoms with Crippen LogP contribution in [0.1, 0.15) is 72.6 Å². The summed E-state index contributed by atoms with van der Waals surface area (Å²) in [5.74, 6) is 4.19. The van der Waals surface area contributed by atoms with Gasteiger partial charge >= 0.3 is 0 Å². The highest BCUT2D eigenvalue weighted by molar-refractivity contribution is 5.93. The Morgan fingerprint density at radius 1 is 1.22 bits per heavy atom. The molecule has 0 aliphatic heterocycles. The van der Waals surface area contributed by atoms with Crippen LogP contribution in [0, 0.1) is 40.4 Å². The molecule has 0 bridgehead atoms. The van der Waals surface area contributed by atoms with Gasteiger partial charge < -0.3 is 10.0 Å². The van der Waals surface area contributed by atoms with Gasteiger partial charge in [-0.3, -0.25) is 4.79 Å². The maximum absolute atomic E-state index is 16.3. The molecule has 37 heavy (non-hydrogen) atoms. The molecule has 1 N–H and O–H groups in total. The summed E-state index contributed by atoms with van der Waals surface area (Å²) in [5, 5.41) is 12.0. The molecular weight excluding hydrogens is 468 g/mol. The van der Waals surface area contributed by atoms with Crippen LogP contribution in [-0.2, 0) is 4.79 Å². The highest BCUT2D eigenvalue weighted by Crippen LogP contribution is 2.66. The van der Waals surface area contributed by atoms with Crippen molar-refractivity contribution in [2.75, 3.05) is 14.1 Å². The van der Waals surface area contributed by atoms with Crippen LogP contribution in [0.5, 0.6) is 0 Å². The number of fused-ring (bicyclic) bond motifs is 4. The van der Waals surface area contributed by atoms with E-state index >= 15 is 8.78 Å². The summed E-state index contributed by atoms with van der Waals surface area (Å²) in [6.45, 7) is 11.8. The minimum absolute atomic E-state index is 0.0322. The predicted molar refractivity (Wildman–Crippen MR) is 144 cm³/mol. The lowest BCUT2D eigenvalue weighted by atomic mass is 9.52. The smallest absolute Gasteiger partial charge is 0.157 e. The highest BCUT2D eigenvalue weighted by Gasteiger charge is 2.63. The van der Waals surface area contributed by atoms with E-state index in [1.165, 1.54) is 12.2 Å². The molecule has 0 saturated heterocycles. The molecule has 4 rings (SSSR count). The Morgan fingerprint density at radius 2 is 1.92 bits per heavy atom. The number of nitrogens with zero attached hydrogens (tertiary/aromatic N) is 1. The number of aliphatic hydroxyl groups is 1. The number of carbonyl (C=O) groups excluding carboxylic acids is 1. The van der Waals surface area contributed by atoms with E-state index in [0.29, 0.717) is 25.0 Å². The van der Waals surface area contributed by atoms with E-state index in [2.05, 4.69) is 18.4 Å². The number of halogens is 2. The van der Waals surface area contributed by atoms with Crippen LogP contribution < -0.4 is 0 Å². The fourth-order valence-electron chi connectivity index (χ4n) is 7.12. The van der Waals surface area contributed by atoms with Gasteiger partial charge in [0.2, 0.25) is 0 Å². The molecule has 2 fully saturated rings. The van der Waals surface area contributed by atoms with Gasteiger partial charge in [-0.15, -0.1) is 0 Å². The lowest BCUT2D eigenvalue weighted by molar-refractivity contribution is -0.114.